The van der Waals surface area contributed by atoms with Crippen LogP contribution >= 0.6 is 0 Å². The lowest BCUT2D eigenvalue weighted by molar-refractivity contribution is -0.139. The summed E-state index contributed by atoms with van der Waals surface area (Å²) in [5.74, 6) is -0.504. The van der Waals surface area contributed by atoms with Gasteiger partial charge in [0.1, 0.15) is 6.61 Å². The lowest BCUT2D eigenvalue weighted by atomic mass is 10.2. The van der Waals surface area contributed by atoms with Crippen molar-refractivity contribution in [1.82, 2.24) is 0 Å². The molecule has 0 aliphatic rings. The predicted octanol–water partition coefficient (Wildman–Crippen LogP) is 1.81. The summed E-state index contributed by atoms with van der Waals surface area (Å²) >= 11 is 0. The summed E-state index contributed by atoms with van der Waals surface area (Å²) in [6.07, 6.45) is 2.19. The molecule has 0 N–H and O–H groups in total. The Bertz CT molecular complexity index is 363. The van der Waals surface area contributed by atoms with Crippen molar-refractivity contribution >= 4 is 5.97 Å². The standard InChI is InChI=1S/C11H9NO2/c12-8-4-7-11(13)14-9-10-5-2-1-3-6-10/h1-7H,9H2/b7-4-. The Morgan fingerprint density at radius 3 is 2.79 bits per heavy atom. The first kappa shape index (κ1) is 10.0. The highest BCUT2D eigenvalue weighted by Crippen LogP contribution is 2.00. The Morgan fingerprint density at radius 2 is 2.14 bits per heavy atom. The van der Waals surface area contributed by atoms with Gasteiger partial charge in [-0.15, -0.1) is 0 Å². The van der Waals surface area contributed by atoms with E-state index in [1.54, 1.807) is 6.07 Å². The number of hydrogen-bond acceptors (Lipinski definition) is 3. The molecular formula is C11H9NO2. The second-order valence-electron chi connectivity index (χ2n) is 2.56. The molecular weight excluding hydrogens is 178 g/mol. The Morgan fingerprint density at radius 1 is 1.43 bits per heavy atom. The van der Waals surface area contributed by atoms with Crippen LogP contribution in [0.3, 0.4) is 0 Å². The lowest BCUT2D eigenvalue weighted by Crippen LogP contribution is -2.00. The summed E-state index contributed by atoms with van der Waals surface area (Å²) < 4.78 is 4.85. The highest BCUT2D eigenvalue weighted by atomic mass is 16.5. The molecule has 70 valence electrons. The maximum absolute atomic E-state index is 10.9. The quantitative estimate of drug-likeness (QED) is 0.412. The van der Waals surface area contributed by atoms with Gasteiger partial charge in [-0.1, -0.05) is 30.3 Å². The third-order valence-corrected chi connectivity index (χ3v) is 1.52. The van der Waals surface area contributed by atoms with Gasteiger partial charge in [-0.3, -0.25) is 0 Å². The Balaban J connectivity index is 2.39. The smallest absolute Gasteiger partial charge is 0.331 e. The number of nitrogens with zero attached hydrogens (tertiary/aromatic N) is 1. The van der Waals surface area contributed by atoms with Crippen LogP contribution in [0.25, 0.3) is 0 Å². The van der Waals surface area contributed by atoms with Gasteiger partial charge in [0.25, 0.3) is 0 Å². The monoisotopic (exact) mass is 187 g/mol. The van der Waals surface area contributed by atoms with E-state index >= 15 is 0 Å². The molecule has 0 aromatic heterocycles. The highest BCUT2D eigenvalue weighted by Gasteiger charge is 1.96. The van der Waals surface area contributed by atoms with Gasteiger partial charge in [-0.25, -0.2) is 4.79 Å². The van der Waals surface area contributed by atoms with Gasteiger partial charge in [0.05, 0.1) is 6.07 Å². The van der Waals surface area contributed by atoms with Crippen molar-refractivity contribution in [2.45, 2.75) is 6.61 Å². The summed E-state index contributed by atoms with van der Waals surface area (Å²) in [5, 5.41) is 8.16. The van der Waals surface area contributed by atoms with E-state index in [9.17, 15) is 4.79 Å². The van der Waals surface area contributed by atoms with Crippen molar-refractivity contribution in [1.29, 1.82) is 5.26 Å². The van der Waals surface area contributed by atoms with Crippen LogP contribution < -0.4 is 0 Å². The molecule has 14 heavy (non-hydrogen) atoms. The second kappa shape index (κ2) is 5.55. The summed E-state index contributed by atoms with van der Waals surface area (Å²) in [7, 11) is 0. The summed E-state index contributed by atoms with van der Waals surface area (Å²) in [5.41, 5.74) is 0.922. The van der Waals surface area contributed by atoms with Gasteiger partial charge in [0.2, 0.25) is 0 Å². The third-order valence-electron chi connectivity index (χ3n) is 1.52. The van der Waals surface area contributed by atoms with Crippen LogP contribution in [0.15, 0.2) is 42.5 Å². The van der Waals surface area contributed by atoms with E-state index in [0.29, 0.717) is 0 Å². The molecule has 0 aliphatic carbocycles. The van der Waals surface area contributed by atoms with Gasteiger partial charge in [-0.2, -0.15) is 5.26 Å². The molecule has 0 heterocycles. The number of benzene rings is 1. The van der Waals surface area contributed by atoms with Crippen LogP contribution in [0.2, 0.25) is 0 Å². The molecule has 0 saturated carbocycles. The van der Waals surface area contributed by atoms with E-state index < -0.39 is 5.97 Å². The van der Waals surface area contributed by atoms with Gasteiger partial charge >= 0.3 is 5.97 Å². The normalized spacial score (nSPS) is 9.64. The van der Waals surface area contributed by atoms with Crippen molar-refractivity contribution < 1.29 is 9.53 Å². The summed E-state index contributed by atoms with van der Waals surface area (Å²) in [6, 6.07) is 11.1. The topological polar surface area (TPSA) is 50.1 Å². The molecule has 1 aromatic rings. The van der Waals surface area contributed by atoms with Crippen molar-refractivity contribution in [3.63, 3.8) is 0 Å². The molecule has 0 spiro atoms. The first-order valence-corrected chi connectivity index (χ1v) is 4.10. The molecule has 0 bridgehead atoms. The predicted molar refractivity (Wildman–Crippen MR) is 51.0 cm³/mol. The number of nitriles is 1. The van der Waals surface area contributed by atoms with Crippen molar-refractivity contribution in [2.24, 2.45) is 0 Å². The molecule has 0 saturated heterocycles. The second-order valence-corrected chi connectivity index (χ2v) is 2.56. The molecule has 0 amide bonds. The lowest BCUT2D eigenvalue weighted by Gasteiger charge is -2.00. The molecule has 0 atom stereocenters. The molecule has 3 nitrogen and oxygen atoms in total. The van der Waals surface area contributed by atoms with E-state index in [4.69, 9.17) is 10.00 Å². The largest absolute Gasteiger partial charge is 0.458 e. The third kappa shape index (κ3) is 3.55. The van der Waals surface area contributed by atoms with Crippen LogP contribution in [-0.4, -0.2) is 5.97 Å². The number of carbonyl (C=O) groups is 1. The molecule has 0 unspecified atom stereocenters. The zero-order valence-corrected chi connectivity index (χ0v) is 7.51. The van der Waals surface area contributed by atoms with Crippen LogP contribution in [0, 0.1) is 11.3 Å². The van der Waals surface area contributed by atoms with Gasteiger partial charge in [0, 0.05) is 12.2 Å². The van der Waals surface area contributed by atoms with Crippen molar-refractivity contribution in [3.8, 4) is 6.07 Å². The van der Waals surface area contributed by atoms with Gasteiger partial charge in [0.15, 0.2) is 0 Å². The first-order valence-electron chi connectivity index (χ1n) is 4.10. The maximum atomic E-state index is 10.9. The van der Waals surface area contributed by atoms with Crippen molar-refractivity contribution in [3.05, 3.63) is 48.0 Å². The number of carbonyl (C=O) groups excluding carboxylic acids is 1. The fourth-order valence-corrected chi connectivity index (χ4v) is 0.882. The van der Waals surface area contributed by atoms with Crippen LogP contribution in [0.1, 0.15) is 5.56 Å². The van der Waals surface area contributed by atoms with Crippen LogP contribution in [0.4, 0.5) is 0 Å². The Hall–Kier alpha value is -2.08. The van der Waals surface area contributed by atoms with E-state index in [0.717, 1.165) is 17.7 Å². The van der Waals surface area contributed by atoms with E-state index in [1.165, 1.54) is 0 Å². The number of hydrogen-bond donors (Lipinski definition) is 0. The number of allylic oxidation sites excluding steroid dienone is 1. The molecule has 1 rings (SSSR count). The van der Waals surface area contributed by atoms with Crippen molar-refractivity contribution in [2.75, 3.05) is 0 Å². The summed E-state index contributed by atoms with van der Waals surface area (Å²) in [6.45, 7) is 0.232. The molecule has 0 aliphatic heterocycles. The molecule has 1 aromatic carbocycles. The first-order chi connectivity index (χ1) is 6.83. The average molecular weight is 187 g/mol. The zero-order valence-electron chi connectivity index (χ0n) is 7.51. The average Bonchev–Trinajstić information content (AvgIpc) is 2.25. The fraction of sp³-hybridized carbons (Fsp3) is 0.0909. The minimum Gasteiger partial charge on any atom is -0.458 e. The van der Waals surface area contributed by atoms with E-state index in [2.05, 4.69) is 0 Å². The minimum atomic E-state index is -0.504. The van der Waals surface area contributed by atoms with Crippen LogP contribution in [0.5, 0.6) is 0 Å². The number of rotatable bonds is 3. The maximum Gasteiger partial charge on any atom is 0.331 e. The highest BCUT2D eigenvalue weighted by molar-refractivity contribution is 5.82. The fourth-order valence-electron chi connectivity index (χ4n) is 0.882. The molecule has 3 heteroatoms. The Labute approximate surface area is 82.2 Å². The number of esters is 1. The SMILES string of the molecule is N#C/C=C\C(=O)OCc1ccccc1. The minimum absolute atomic E-state index is 0.232. The van der Waals surface area contributed by atoms with Gasteiger partial charge < -0.3 is 4.74 Å². The number of ether oxygens (including phenoxy) is 1. The zero-order chi connectivity index (χ0) is 10.2. The van der Waals surface area contributed by atoms with Gasteiger partial charge in [-0.05, 0) is 5.56 Å². The van der Waals surface area contributed by atoms with E-state index in [-0.39, 0.29) is 6.61 Å². The van der Waals surface area contributed by atoms with E-state index in [1.807, 2.05) is 30.3 Å². The molecule has 0 radical (unpaired) electrons. The summed E-state index contributed by atoms with van der Waals surface area (Å²) in [4.78, 5) is 10.9. The van der Waals surface area contributed by atoms with Crippen LogP contribution in [-0.2, 0) is 16.1 Å². The molecule has 0 fully saturated rings. The Kier molecular flexibility index (Phi) is 3.96.